The highest BCUT2D eigenvalue weighted by atomic mass is 32.2. The summed E-state index contributed by atoms with van der Waals surface area (Å²) >= 11 is 0. The van der Waals surface area contributed by atoms with Gasteiger partial charge in [0.15, 0.2) is 8.32 Å². The van der Waals surface area contributed by atoms with E-state index < -0.39 is 36.5 Å². The Bertz CT molecular complexity index is 1080. The Morgan fingerprint density at radius 3 is 2.00 bits per heavy atom. The van der Waals surface area contributed by atoms with Crippen LogP contribution in [0.3, 0.4) is 0 Å². The second-order valence-corrected chi connectivity index (χ2v) is 17.2. The van der Waals surface area contributed by atoms with E-state index in [4.69, 9.17) is 9.16 Å². The number of hydrogen-bond acceptors (Lipinski definition) is 5. The van der Waals surface area contributed by atoms with Crippen LogP contribution in [0.5, 0.6) is 5.75 Å². The van der Waals surface area contributed by atoms with Crippen molar-refractivity contribution < 1.29 is 27.5 Å². The molecular formula is C26H39NO6SSi. The molecule has 9 heteroatoms. The van der Waals surface area contributed by atoms with Crippen LogP contribution in [-0.2, 0) is 25.8 Å². The maximum absolute atomic E-state index is 13.9. The molecule has 194 valence electrons. The van der Waals surface area contributed by atoms with E-state index >= 15 is 0 Å². The minimum Gasteiger partial charge on any atom is -0.497 e. The molecule has 0 radical (unpaired) electrons. The van der Waals surface area contributed by atoms with Gasteiger partial charge >= 0.3 is 5.97 Å². The van der Waals surface area contributed by atoms with E-state index in [-0.39, 0.29) is 22.4 Å². The minimum absolute atomic E-state index is 0.00434. The second kappa shape index (κ2) is 11.2. The van der Waals surface area contributed by atoms with Crippen molar-refractivity contribution >= 4 is 24.3 Å². The summed E-state index contributed by atoms with van der Waals surface area (Å²) in [6.45, 7) is 13.9. The molecule has 1 unspecified atom stereocenters. The average molecular weight is 522 g/mol. The molecule has 0 saturated heterocycles. The van der Waals surface area contributed by atoms with Crippen molar-refractivity contribution in [3.63, 3.8) is 0 Å². The molecule has 0 aliphatic carbocycles. The summed E-state index contributed by atoms with van der Waals surface area (Å²) in [5, 5.41) is 10.3. The predicted molar refractivity (Wildman–Crippen MR) is 140 cm³/mol. The van der Waals surface area contributed by atoms with E-state index in [0.717, 1.165) is 4.31 Å². The Hall–Kier alpha value is -2.20. The zero-order valence-electron chi connectivity index (χ0n) is 22.0. The number of hydrogen-bond donors (Lipinski definition) is 1. The fourth-order valence-corrected chi connectivity index (χ4v) is 6.50. The third kappa shape index (κ3) is 6.94. The van der Waals surface area contributed by atoms with Gasteiger partial charge in [0, 0.05) is 6.54 Å². The van der Waals surface area contributed by atoms with Gasteiger partial charge in [-0.15, -0.1) is 0 Å². The molecule has 0 fully saturated rings. The summed E-state index contributed by atoms with van der Waals surface area (Å²) < 4.78 is 40.7. The lowest BCUT2D eigenvalue weighted by Gasteiger charge is -2.44. The van der Waals surface area contributed by atoms with E-state index in [2.05, 4.69) is 20.8 Å². The summed E-state index contributed by atoms with van der Waals surface area (Å²) in [6.07, 6.45) is -0.842. The van der Waals surface area contributed by atoms with Gasteiger partial charge in [-0.3, -0.25) is 4.79 Å². The van der Waals surface area contributed by atoms with E-state index in [1.165, 1.54) is 19.2 Å². The standard InChI is InChI=1S/C26H39NO6SSi/c1-19(2)24(33-35(7,8)26(3,4)5)23(25(28)29)27(18-20-12-10-9-11-13-20)34(30,31)22-16-14-21(32-6)15-17-22/h9-17,19,23-24H,18H2,1-8H3,(H,28,29)/t23-,24?/m1/s1. The van der Waals surface area contributed by atoms with Crippen LogP contribution in [0, 0.1) is 5.92 Å². The summed E-state index contributed by atoms with van der Waals surface area (Å²) in [6, 6.07) is 13.6. The summed E-state index contributed by atoms with van der Waals surface area (Å²) in [5.74, 6) is -0.973. The topological polar surface area (TPSA) is 93.1 Å². The largest absolute Gasteiger partial charge is 0.497 e. The van der Waals surface area contributed by atoms with E-state index in [1.807, 2.05) is 33.0 Å². The molecule has 0 aliphatic heterocycles. The normalized spacial score (nSPS) is 14.7. The smallest absolute Gasteiger partial charge is 0.324 e. The van der Waals surface area contributed by atoms with Gasteiger partial charge in [-0.05, 0) is 53.9 Å². The molecule has 0 bridgehead atoms. The van der Waals surface area contributed by atoms with Crippen LogP contribution in [-0.4, -0.2) is 51.4 Å². The predicted octanol–water partition coefficient (Wildman–Crippen LogP) is 5.39. The van der Waals surface area contributed by atoms with Crippen LogP contribution in [0.4, 0.5) is 0 Å². The SMILES string of the molecule is COc1ccc(S(=O)(=O)N(Cc2ccccc2)[C@@H](C(=O)O)C(O[Si](C)(C)C(C)(C)C)C(C)C)cc1. The van der Waals surface area contributed by atoms with Gasteiger partial charge in [0.25, 0.3) is 0 Å². The zero-order valence-corrected chi connectivity index (χ0v) is 23.8. The molecule has 2 rings (SSSR count). The molecule has 2 aromatic rings. The van der Waals surface area contributed by atoms with Crippen LogP contribution in [0.15, 0.2) is 59.5 Å². The molecule has 2 atom stereocenters. The van der Waals surface area contributed by atoms with Crippen LogP contribution in [0.1, 0.15) is 40.2 Å². The molecule has 0 amide bonds. The summed E-state index contributed by atoms with van der Waals surface area (Å²) in [7, 11) is -5.14. The number of carboxylic acids is 1. The van der Waals surface area contributed by atoms with Gasteiger partial charge in [0.05, 0.1) is 18.1 Å². The number of carboxylic acid groups (broad SMARTS) is 1. The number of rotatable bonds is 11. The number of ether oxygens (including phenoxy) is 1. The number of nitrogens with zero attached hydrogens (tertiary/aromatic N) is 1. The molecule has 0 aromatic heterocycles. The highest BCUT2D eigenvalue weighted by molar-refractivity contribution is 7.89. The average Bonchev–Trinajstić information content (AvgIpc) is 2.77. The Morgan fingerprint density at radius 2 is 1.57 bits per heavy atom. The molecule has 0 aliphatic rings. The maximum Gasteiger partial charge on any atom is 0.324 e. The first-order valence-corrected chi connectivity index (χ1v) is 16.1. The second-order valence-electron chi connectivity index (χ2n) is 10.6. The highest BCUT2D eigenvalue weighted by Gasteiger charge is 2.47. The van der Waals surface area contributed by atoms with Gasteiger partial charge in [0.2, 0.25) is 10.0 Å². The van der Waals surface area contributed by atoms with Gasteiger partial charge in [0.1, 0.15) is 11.8 Å². The first kappa shape index (κ1) is 29.0. The summed E-state index contributed by atoms with van der Waals surface area (Å²) in [5.41, 5.74) is 0.686. The monoisotopic (exact) mass is 521 g/mol. The third-order valence-corrected chi connectivity index (χ3v) is 12.9. The Kier molecular flexibility index (Phi) is 9.32. The number of sulfonamides is 1. The highest BCUT2D eigenvalue weighted by Crippen LogP contribution is 2.39. The molecule has 7 nitrogen and oxygen atoms in total. The molecule has 35 heavy (non-hydrogen) atoms. The van der Waals surface area contributed by atoms with Crippen molar-refractivity contribution in [2.45, 2.75) is 76.3 Å². The molecule has 0 heterocycles. The number of benzene rings is 2. The number of aliphatic carboxylic acids is 1. The van der Waals surface area contributed by atoms with Gasteiger partial charge in [-0.2, -0.15) is 4.31 Å². The number of methoxy groups -OCH3 is 1. The molecule has 1 N–H and O–H groups in total. The van der Waals surface area contributed by atoms with Crippen LogP contribution in [0.25, 0.3) is 0 Å². The van der Waals surface area contributed by atoms with Gasteiger partial charge < -0.3 is 14.3 Å². The van der Waals surface area contributed by atoms with Crippen molar-refractivity contribution in [3.8, 4) is 5.75 Å². The Morgan fingerprint density at radius 1 is 1.03 bits per heavy atom. The Balaban J connectivity index is 2.67. The first-order valence-electron chi connectivity index (χ1n) is 11.7. The maximum atomic E-state index is 13.9. The van der Waals surface area contributed by atoms with Crippen LogP contribution >= 0.6 is 0 Å². The van der Waals surface area contributed by atoms with Gasteiger partial charge in [-0.1, -0.05) is 65.0 Å². The van der Waals surface area contributed by atoms with E-state index in [0.29, 0.717) is 11.3 Å². The molecular weight excluding hydrogens is 482 g/mol. The number of carbonyl (C=O) groups is 1. The molecule has 2 aromatic carbocycles. The van der Waals surface area contributed by atoms with Crippen molar-refractivity contribution in [3.05, 3.63) is 60.2 Å². The van der Waals surface area contributed by atoms with E-state index in [1.54, 1.807) is 36.4 Å². The van der Waals surface area contributed by atoms with Crippen molar-refractivity contribution in [1.29, 1.82) is 0 Å². The lowest BCUT2D eigenvalue weighted by molar-refractivity contribution is -0.146. The van der Waals surface area contributed by atoms with Crippen molar-refractivity contribution in [1.82, 2.24) is 4.31 Å². The van der Waals surface area contributed by atoms with Crippen molar-refractivity contribution in [2.24, 2.45) is 5.92 Å². The zero-order chi connectivity index (χ0) is 26.6. The fourth-order valence-electron chi connectivity index (χ4n) is 3.49. The fraction of sp³-hybridized carbons (Fsp3) is 0.500. The van der Waals surface area contributed by atoms with E-state index in [9.17, 15) is 18.3 Å². The molecule has 0 spiro atoms. The first-order chi connectivity index (χ1) is 16.1. The third-order valence-electron chi connectivity index (χ3n) is 6.62. The van der Waals surface area contributed by atoms with Crippen LogP contribution < -0.4 is 4.74 Å². The Labute approximate surface area is 211 Å². The minimum atomic E-state index is -4.21. The lowest BCUT2D eigenvalue weighted by atomic mass is 9.99. The molecule has 0 saturated carbocycles. The lowest BCUT2D eigenvalue weighted by Crippen LogP contribution is -2.57. The van der Waals surface area contributed by atoms with Crippen LogP contribution in [0.2, 0.25) is 18.1 Å². The van der Waals surface area contributed by atoms with Gasteiger partial charge in [-0.25, -0.2) is 8.42 Å². The van der Waals surface area contributed by atoms with Crippen molar-refractivity contribution in [2.75, 3.05) is 7.11 Å². The quantitative estimate of drug-likeness (QED) is 0.399. The summed E-state index contributed by atoms with van der Waals surface area (Å²) in [4.78, 5) is 12.8.